The van der Waals surface area contributed by atoms with E-state index in [-0.39, 0.29) is 30.2 Å². The summed E-state index contributed by atoms with van der Waals surface area (Å²) in [7, 11) is 1.51. The molecule has 3 N–H and O–H groups in total. The third-order valence-electron chi connectivity index (χ3n) is 5.08. The van der Waals surface area contributed by atoms with Crippen molar-refractivity contribution in [3.63, 3.8) is 0 Å². The smallest absolute Gasteiger partial charge is 0.255 e. The Bertz CT molecular complexity index is 1370. The summed E-state index contributed by atoms with van der Waals surface area (Å²) in [6.07, 6.45) is 1.64. The van der Waals surface area contributed by atoms with Crippen molar-refractivity contribution < 1.29 is 19.0 Å². The monoisotopic (exact) mass is 433 g/mol. The predicted octanol–water partition coefficient (Wildman–Crippen LogP) is 3.30. The van der Waals surface area contributed by atoms with E-state index in [2.05, 4.69) is 15.3 Å². The van der Waals surface area contributed by atoms with Crippen molar-refractivity contribution in [2.45, 2.75) is 13.0 Å². The number of rotatable bonds is 6. The number of fused-ring (bicyclic) bond motifs is 1. The Labute approximate surface area is 182 Å². The van der Waals surface area contributed by atoms with Crippen molar-refractivity contribution in [3.8, 4) is 11.6 Å². The Morgan fingerprint density at radius 2 is 2.00 bits per heavy atom. The van der Waals surface area contributed by atoms with Gasteiger partial charge in [0.1, 0.15) is 11.6 Å². The average molecular weight is 433 g/mol. The van der Waals surface area contributed by atoms with Crippen LogP contribution in [0.15, 0.2) is 65.6 Å². The van der Waals surface area contributed by atoms with Crippen LogP contribution in [0.2, 0.25) is 0 Å². The molecule has 4 aromatic rings. The van der Waals surface area contributed by atoms with E-state index >= 15 is 0 Å². The van der Waals surface area contributed by atoms with Gasteiger partial charge in [-0.2, -0.15) is 0 Å². The lowest BCUT2D eigenvalue weighted by Crippen LogP contribution is -2.23. The van der Waals surface area contributed by atoms with Crippen molar-refractivity contribution in [2.24, 2.45) is 0 Å². The topological polar surface area (TPSA) is 104 Å². The van der Waals surface area contributed by atoms with Crippen molar-refractivity contribution >= 4 is 16.8 Å². The summed E-state index contributed by atoms with van der Waals surface area (Å²) in [5, 5.41) is 13.9. The fourth-order valence-corrected chi connectivity index (χ4v) is 3.43. The van der Waals surface area contributed by atoms with Crippen LogP contribution >= 0.6 is 0 Å². The molecule has 4 rings (SSSR count). The van der Waals surface area contributed by atoms with Gasteiger partial charge in [-0.1, -0.05) is 12.1 Å². The molecule has 162 valence electrons. The molecule has 0 bridgehead atoms. The first kappa shape index (κ1) is 21.0. The van der Waals surface area contributed by atoms with Crippen LogP contribution < -0.4 is 15.6 Å². The molecule has 2 aromatic heterocycles. The second kappa shape index (κ2) is 8.89. The molecule has 2 heterocycles. The highest BCUT2D eigenvalue weighted by Gasteiger charge is 2.15. The molecular formula is C24H20FN3O4. The van der Waals surface area contributed by atoms with E-state index in [9.17, 15) is 19.1 Å². The second-order valence-corrected chi connectivity index (χ2v) is 7.24. The van der Waals surface area contributed by atoms with Gasteiger partial charge in [-0.15, -0.1) is 0 Å². The quantitative estimate of drug-likeness (QED) is 0.433. The number of methoxy groups -OCH3 is 1. The van der Waals surface area contributed by atoms with E-state index in [1.54, 1.807) is 36.5 Å². The maximum Gasteiger partial charge on any atom is 0.255 e. The van der Waals surface area contributed by atoms with Crippen LogP contribution in [0.1, 0.15) is 27.0 Å². The average Bonchev–Trinajstić information content (AvgIpc) is 2.80. The molecule has 2 aromatic carbocycles. The van der Waals surface area contributed by atoms with Gasteiger partial charge >= 0.3 is 0 Å². The largest absolute Gasteiger partial charge is 0.507 e. The molecule has 0 fully saturated rings. The number of halogens is 1. The van der Waals surface area contributed by atoms with Gasteiger partial charge in [0, 0.05) is 36.2 Å². The molecule has 0 aliphatic carbocycles. The number of nitrogens with one attached hydrogen (secondary N) is 2. The third kappa shape index (κ3) is 4.44. The van der Waals surface area contributed by atoms with Crippen molar-refractivity contribution in [2.75, 3.05) is 7.11 Å². The number of hydrogen-bond donors (Lipinski definition) is 3. The number of aromatic amines is 1. The van der Waals surface area contributed by atoms with Crippen LogP contribution in [0.25, 0.3) is 10.9 Å². The lowest BCUT2D eigenvalue weighted by molar-refractivity contribution is 0.0951. The molecule has 7 nitrogen and oxygen atoms in total. The molecule has 0 aliphatic rings. The van der Waals surface area contributed by atoms with Crippen LogP contribution in [0.4, 0.5) is 4.39 Å². The minimum atomic E-state index is -0.469. The summed E-state index contributed by atoms with van der Waals surface area (Å²) in [4.78, 5) is 31.9. The molecule has 0 aliphatic heterocycles. The second-order valence-electron chi connectivity index (χ2n) is 7.24. The zero-order valence-corrected chi connectivity index (χ0v) is 17.2. The zero-order valence-electron chi connectivity index (χ0n) is 17.2. The van der Waals surface area contributed by atoms with Gasteiger partial charge in [-0.05, 0) is 47.5 Å². The molecule has 32 heavy (non-hydrogen) atoms. The molecule has 8 heteroatoms. The number of nitrogens with zero attached hydrogens (tertiary/aromatic N) is 1. The predicted molar refractivity (Wildman–Crippen MR) is 117 cm³/mol. The summed E-state index contributed by atoms with van der Waals surface area (Å²) in [5.74, 6) is -0.561. The summed E-state index contributed by atoms with van der Waals surface area (Å²) in [6.45, 7) is 0.262. The SMILES string of the molecule is COc1cc(CNC(=O)c2ccc3[nH]c(=O)c(Cc4cccc(F)c4)c(O)c3c2)ccn1. The Hall–Kier alpha value is -4.20. The number of hydrogen-bond acceptors (Lipinski definition) is 5. The van der Waals surface area contributed by atoms with Gasteiger partial charge in [0.15, 0.2) is 0 Å². The van der Waals surface area contributed by atoms with E-state index in [4.69, 9.17) is 4.74 Å². The number of carbonyl (C=O) groups excluding carboxylic acids is 1. The van der Waals surface area contributed by atoms with Crippen LogP contribution in [-0.4, -0.2) is 28.1 Å². The Kier molecular flexibility index (Phi) is 5.85. The summed E-state index contributed by atoms with van der Waals surface area (Å²) in [5.41, 5.74) is 1.71. The number of aromatic nitrogens is 2. The molecule has 0 unspecified atom stereocenters. The molecule has 0 spiro atoms. The Morgan fingerprint density at radius 3 is 2.78 bits per heavy atom. The third-order valence-corrected chi connectivity index (χ3v) is 5.08. The number of ether oxygens (including phenoxy) is 1. The number of H-pyrrole nitrogens is 1. The minimum Gasteiger partial charge on any atom is -0.507 e. The van der Waals surface area contributed by atoms with Gasteiger partial charge in [0.05, 0.1) is 18.2 Å². The Morgan fingerprint density at radius 1 is 1.16 bits per heavy atom. The highest BCUT2D eigenvalue weighted by atomic mass is 19.1. The van der Waals surface area contributed by atoms with Gasteiger partial charge < -0.3 is 20.1 Å². The first-order chi connectivity index (χ1) is 15.4. The highest BCUT2D eigenvalue weighted by Crippen LogP contribution is 2.27. The van der Waals surface area contributed by atoms with Crippen LogP contribution in [0.3, 0.4) is 0 Å². The molecule has 0 saturated heterocycles. The molecule has 0 radical (unpaired) electrons. The van der Waals surface area contributed by atoms with Gasteiger partial charge in [-0.25, -0.2) is 9.37 Å². The molecular weight excluding hydrogens is 413 g/mol. The lowest BCUT2D eigenvalue weighted by Gasteiger charge is -2.10. The van der Waals surface area contributed by atoms with Gasteiger partial charge in [0.25, 0.3) is 11.5 Å². The molecule has 0 atom stereocenters. The van der Waals surface area contributed by atoms with Crippen molar-refractivity contribution in [1.29, 1.82) is 0 Å². The van der Waals surface area contributed by atoms with E-state index in [1.165, 1.54) is 31.4 Å². The maximum absolute atomic E-state index is 13.5. The van der Waals surface area contributed by atoms with E-state index in [0.29, 0.717) is 27.9 Å². The maximum atomic E-state index is 13.5. The number of benzene rings is 2. The Balaban J connectivity index is 1.61. The fraction of sp³-hybridized carbons (Fsp3) is 0.125. The molecule has 1 amide bonds. The number of pyridine rings is 2. The fourth-order valence-electron chi connectivity index (χ4n) is 3.43. The normalized spacial score (nSPS) is 10.8. The van der Waals surface area contributed by atoms with Gasteiger partial charge in [0.2, 0.25) is 5.88 Å². The van der Waals surface area contributed by atoms with Gasteiger partial charge in [-0.3, -0.25) is 9.59 Å². The standard InChI is InChI=1S/C24H20FN3O4/c1-32-21-11-15(7-8-26-21)13-27-23(30)16-5-6-20-18(12-16)22(29)19(24(31)28-20)10-14-3-2-4-17(25)9-14/h2-9,11-12H,10,13H2,1H3,(H,27,30)(H2,28,29,31). The minimum absolute atomic E-state index is 0.0508. The van der Waals surface area contributed by atoms with Crippen LogP contribution in [-0.2, 0) is 13.0 Å². The summed E-state index contributed by atoms with van der Waals surface area (Å²) < 4.78 is 18.6. The number of amides is 1. The van der Waals surface area contributed by atoms with E-state index in [0.717, 1.165) is 5.56 Å². The number of carbonyl (C=O) groups is 1. The first-order valence-corrected chi connectivity index (χ1v) is 9.84. The summed E-state index contributed by atoms with van der Waals surface area (Å²) in [6, 6.07) is 13.9. The van der Waals surface area contributed by atoms with Crippen molar-refractivity contribution in [1.82, 2.24) is 15.3 Å². The highest BCUT2D eigenvalue weighted by molar-refractivity contribution is 5.99. The van der Waals surface area contributed by atoms with Crippen LogP contribution in [0, 0.1) is 5.82 Å². The van der Waals surface area contributed by atoms with Crippen LogP contribution in [0.5, 0.6) is 11.6 Å². The van der Waals surface area contributed by atoms with Crippen molar-refractivity contribution in [3.05, 3.63) is 99.2 Å². The first-order valence-electron chi connectivity index (χ1n) is 9.84. The van der Waals surface area contributed by atoms with E-state index in [1.807, 2.05) is 0 Å². The van der Waals surface area contributed by atoms with E-state index < -0.39 is 11.4 Å². The number of aromatic hydroxyl groups is 1. The lowest BCUT2D eigenvalue weighted by atomic mass is 10.0. The summed E-state index contributed by atoms with van der Waals surface area (Å²) >= 11 is 0. The molecule has 0 saturated carbocycles. The zero-order chi connectivity index (χ0) is 22.7.